The van der Waals surface area contributed by atoms with E-state index in [0.717, 1.165) is 23.4 Å². The zero-order chi connectivity index (χ0) is 20.9. The molecule has 3 amide bonds. The standard InChI is InChI=1S/C24H22ClN3O2/c25-20-12-10-18(11-13-20)17-27-14-5-15-28(24(27)30)22-9-4-6-19(16-22)23(29)26-21-7-2-1-3-8-21/h1-4,6-13,16H,5,14-15,17H2,(H,26,29). The number of urea groups is 1. The number of rotatable bonds is 5. The maximum atomic E-state index is 13.1. The van der Waals surface area contributed by atoms with Gasteiger partial charge in [0.05, 0.1) is 0 Å². The second-order valence-corrected chi connectivity index (χ2v) is 7.64. The van der Waals surface area contributed by atoms with Crippen molar-refractivity contribution in [1.82, 2.24) is 4.90 Å². The number of nitrogens with zero attached hydrogens (tertiary/aromatic N) is 2. The summed E-state index contributed by atoms with van der Waals surface area (Å²) < 4.78 is 0. The molecule has 1 aliphatic rings. The van der Waals surface area contributed by atoms with E-state index < -0.39 is 0 Å². The normalized spacial score (nSPS) is 14.0. The van der Waals surface area contributed by atoms with Crippen LogP contribution in [0.4, 0.5) is 16.2 Å². The first-order chi connectivity index (χ1) is 14.6. The molecule has 1 N–H and O–H groups in total. The van der Waals surface area contributed by atoms with E-state index in [1.165, 1.54) is 0 Å². The van der Waals surface area contributed by atoms with Crippen molar-refractivity contribution in [2.45, 2.75) is 13.0 Å². The lowest BCUT2D eigenvalue weighted by Crippen LogP contribution is -2.49. The van der Waals surface area contributed by atoms with Gasteiger partial charge in [-0.2, -0.15) is 0 Å². The van der Waals surface area contributed by atoms with Gasteiger partial charge in [0.2, 0.25) is 0 Å². The van der Waals surface area contributed by atoms with E-state index >= 15 is 0 Å². The summed E-state index contributed by atoms with van der Waals surface area (Å²) in [5, 5.41) is 3.56. The predicted molar refractivity (Wildman–Crippen MR) is 120 cm³/mol. The van der Waals surface area contributed by atoms with E-state index in [2.05, 4.69) is 5.32 Å². The van der Waals surface area contributed by atoms with Crippen molar-refractivity contribution in [3.05, 3.63) is 95.0 Å². The van der Waals surface area contributed by atoms with Crippen molar-refractivity contribution in [2.75, 3.05) is 23.3 Å². The van der Waals surface area contributed by atoms with E-state index in [-0.39, 0.29) is 11.9 Å². The van der Waals surface area contributed by atoms with Crippen LogP contribution in [0, 0.1) is 0 Å². The molecule has 3 aromatic carbocycles. The first-order valence-corrected chi connectivity index (χ1v) is 10.3. The van der Waals surface area contributed by atoms with Gasteiger partial charge in [0, 0.05) is 41.6 Å². The number of benzene rings is 3. The average molecular weight is 420 g/mol. The molecule has 1 fully saturated rings. The highest BCUT2D eigenvalue weighted by Crippen LogP contribution is 2.23. The van der Waals surface area contributed by atoms with Gasteiger partial charge >= 0.3 is 6.03 Å². The van der Waals surface area contributed by atoms with Gasteiger partial charge in [-0.3, -0.25) is 9.69 Å². The molecule has 1 saturated heterocycles. The second kappa shape index (κ2) is 9.01. The molecule has 1 heterocycles. The van der Waals surface area contributed by atoms with Crippen LogP contribution in [0.1, 0.15) is 22.3 Å². The molecule has 0 aromatic heterocycles. The van der Waals surface area contributed by atoms with Gasteiger partial charge in [-0.05, 0) is 54.4 Å². The zero-order valence-electron chi connectivity index (χ0n) is 16.4. The lowest BCUT2D eigenvalue weighted by Gasteiger charge is -2.35. The molecular formula is C24H22ClN3O2. The molecule has 152 valence electrons. The third-order valence-electron chi connectivity index (χ3n) is 5.05. The molecule has 1 aliphatic heterocycles. The minimum Gasteiger partial charge on any atom is -0.322 e. The fourth-order valence-electron chi connectivity index (χ4n) is 3.52. The smallest absolute Gasteiger partial charge is 0.322 e. The lowest BCUT2D eigenvalue weighted by molar-refractivity contribution is 0.102. The van der Waals surface area contributed by atoms with E-state index in [1.54, 1.807) is 23.1 Å². The number of hydrogen-bond donors (Lipinski definition) is 1. The first kappa shape index (κ1) is 20.0. The van der Waals surface area contributed by atoms with Crippen molar-refractivity contribution in [3.8, 4) is 0 Å². The van der Waals surface area contributed by atoms with Gasteiger partial charge in [-0.15, -0.1) is 0 Å². The van der Waals surface area contributed by atoms with Crippen LogP contribution in [-0.4, -0.2) is 29.9 Å². The molecule has 30 heavy (non-hydrogen) atoms. The van der Waals surface area contributed by atoms with Gasteiger partial charge in [0.15, 0.2) is 0 Å². The monoisotopic (exact) mass is 419 g/mol. The van der Waals surface area contributed by atoms with Crippen LogP contribution >= 0.6 is 11.6 Å². The third kappa shape index (κ3) is 4.63. The predicted octanol–water partition coefficient (Wildman–Crippen LogP) is 5.42. The van der Waals surface area contributed by atoms with Gasteiger partial charge in [0.1, 0.15) is 0 Å². The summed E-state index contributed by atoms with van der Waals surface area (Å²) in [6.45, 7) is 1.85. The van der Waals surface area contributed by atoms with Gasteiger partial charge in [-0.25, -0.2) is 4.79 Å². The molecule has 4 rings (SSSR count). The third-order valence-corrected chi connectivity index (χ3v) is 5.30. The maximum absolute atomic E-state index is 13.1. The Morgan fingerprint density at radius 3 is 2.47 bits per heavy atom. The Balaban J connectivity index is 1.49. The highest BCUT2D eigenvalue weighted by Gasteiger charge is 2.27. The van der Waals surface area contributed by atoms with E-state index in [0.29, 0.717) is 30.2 Å². The SMILES string of the molecule is O=C(Nc1ccccc1)c1cccc(N2CCCN(Cc3ccc(Cl)cc3)C2=O)c1. The Morgan fingerprint density at radius 1 is 0.933 bits per heavy atom. The lowest BCUT2D eigenvalue weighted by atomic mass is 10.1. The highest BCUT2D eigenvalue weighted by molar-refractivity contribution is 6.30. The molecule has 0 atom stereocenters. The van der Waals surface area contributed by atoms with Crippen molar-refractivity contribution < 1.29 is 9.59 Å². The van der Waals surface area contributed by atoms with Crippen LogP contribution in [0.15, 0.2) is 78.9 Å². The van der Waals surface area contributed by atoms with Crippen LogP contribution in [0.25, 0.3) is 0 Å². The fourth-order valence-corrected chi connectivity index (χ4v) is 3.64. The minimum absolute atomic E-state index is 0.0585. The average Bonchev–Trinajstić information content (AvgIpc) is 2.77. The number of anilines is 2. The van der Waals surface area contributed by atoms with Gasteiger partial charge in [0.25, 0.3) is 5.91 Å². The van der Waals surface area contributed by atoms with Crippen molar-refractivity contribution in [2.24, 2.45) is 0 Å². The topological polar surface area (TPSA) is 52.7 Å². The molecule has 5 nitrogen and oxygen atoms in total. The summed E-state index contributed by atoms with van der Waals surface area (Å²) in [5.74, 6) is -0.203. The van der Waals surface area contributed by atoms with Crippen molar-refractivity contribution in [1.29, 1.82) is 0 Å². The maximum Gasteiger partial charge on any atom is 0.324 e. The first-order valence-electron chi connectivity index (χ1n) is 9.87. The Kier molecular flexibility index (Phi) is 6.00. The summed E-state index contributed by atoms with van der Waals surface area (Å²) in [4.78, 5) is 29.3. The van der Waals surface area contributed by atoms with E-state index in [9.17, 15) is 9.59 Å². The van der Waals surface area contributed by atoms with Crippen LogP contribution in [0.3, 0.4) is 0 Å². The van der Waals surface area contributed by atoms with Crippen molar-refractivity contribution in [3.63, 3.8) is 0 Å². The summed E-state index contributed by atoms with van der Waals surface area (Å²) in [6, 6.07) is 24.0. The molecule has 0 bridgehead atoms. The Labute approximate surface area is 180 Å². The van der Waals surface area contributed by atoms with Gasteiger partial charge in [-0.1, -0.05) is 48.0 Å². The van der Waals surface area contributed by atoms with E-state index in [1.807, 2.05) is 65.6 Å². The molecule has 3 aromatic rings. The van der Waals surface area contributed by atoms with Crippen LogP contribution in [0.5, 0.6) is 0 Å². The summed E-state index contributed by atoms with van der Waals surface area (Å²) in [5.41, 5.74) is 3.00. The largest absolute Gasteiger partial charge is 0.324 e. The number of halogens is 1. The minimum atomic E-state index is -0.203. The van der Waals surface area contributed by atoms with Crippen LogP contribution in [-0.2, 0) is 6.54 Å². The molecule has 6 heteroatoms. The Bertz CT molecular complexity index is 1040. The number of para-hydroxylation sites is 1. The number of amides is 3. The molecule has 0 aliphatic carbocycles. The van der Waals surface area contributed by atoms with Crippen LogP contribution < -0.4 is 10.2 Å². The van der Waals surface area contributed by atoms with Crippen molar-refractivity contribution >= 4 is 34.9 Å². The number of carbonyl (C=O) groups is 2. The quantitative estimate of drug-likeness (QED) is 0.599. The molecular weight excluding hydrogens is 398 g/mol. The van der Waals surface area contributed by atoms with E-state index in [4.69, 9.17) is 11.6 Å². The van der Waals surface area contributed by atoms with Gasteiger partial charge < -0.3 is 10.2 Å². The highest BCUT2D eigenvalue weighted by atomic mass is 35.5. The second-order valence-electron chi connectivity index (χ2n) is 7.21. The number of nitrogens with one attached hydrogen (secondary N) is 1. The summed E-state index contributed by atoms with van der Waals surface area (Å²) in [6.07, 6.45) is 0.861. The molecule has 0 radical (unpaired) electrons. The van der Waals surface area contributed by atoms with Crippen LogP contribution in [0.2, 0.25) is 5.02 Å². The summed E-state index contributed by atoms with van der Waals surface area (Å²) >= 11 is 5.96. The summed E-state index contributed by atoms with van der Waals surface area (Å²) in [7, 11) is 0. The molecule has 0 spiro atoms. The number of hydrogen-bond acceptors (Lipinski definition) is 2. The zero-order valence-corrected chi connectivity index (χ0v) is 17.2. The number of carbonyl (C=O) groups excluding carboxylic acids is 2. The Morgan fingerprint density at radius 2 is 1.70 bits per heavy atom. The fraction of sp³-hybridized carbons (Fsp3) is 0.167. The molecule has 0 saturated carbocycles. The molecule has 0 unspecified atom stereocenters. The Hall–Kier alpha value is -3.31.